The first-order valence-corrected chi connectivity index (χ1v) is 5.35. The molecular weight excluding hydrogens is 132 g/mol. The maximum Gasteiger partial charge on any atom is -0.0292 e. The van der Waals surface area contributed by atoms with Gasteiger partial charge in [0.05, 0.1) is 0 Å². The van der Waals surface area contributed by atoms with Crippen molar-refractivity contribution < 1.29 is 0 Å². The molecule has 0 atom stereocenters. The zero-order valence-corrected chi connectivity index (χ0v) is 7.73. The Bertz CT molecular complexity index is 125. The molecule has 64 valence electrons. The average molecular weight is 152 g/mol. The molecule has 11 heavy (non-hydrogen) atoms. The van der Waals surface area contributed by atoms with Crippen LogP contribution in [0.4, 0.5) is 0 Å². The summed E-state index contributed by atoms with van der Waals surface area (Å²) in [4.78, 5) is 0. The lowest BCUT2D eigenvalue weighted by atomic mass is 9.51. The second-order valence-electron chi connectivity index (χ2n) is 4.77. The molecule has 2 aliphatic rings. The van der Waals surface area contributed by atoms with Crippen LogP contribution in [0.25, 0.3) is 0 Å². The Balaban J connectivity index is 1.63. The molecule has 2 fully saturated rings. The van der Waals surface area contributed by atoms with Gasteiger partial charge in [-0.3, -0.25) is 0 Å². The lowest BCUT2D eigenvalue weighted by molar-refractivity contribution is -0.0283. The molecular formula is C11H20. The molecule has 0 bridgehead atoms. The maximum atomic E-state index is 2.30. The van der Waals surface area contributed by atoms with Gasteiger partial charge in [-0.2, -0.15) is 0 Å². The van der Waals surface area contributed by atoms with Crippen LogP contribution in [0.5, 0.6) is 0 Å². The van der Waals surface area contributed by atoms with Crippen molar-refractivity contribution in [1.29, 1.82) is 0 Å². The summed E-state index contributed by atoms with van der Waals surface area (Å²) < 4.78 is 0. The van der Waals surface area contributed by atoms with Crippen LogP contribution in [0.1, 0.15) is 58.3 Å². The fourth-order valence-electron chi connectivity index (χ4n) is 2.95. The molecule has 1 spiro atoms. The molecule has 0 aliphatic heterocycles. The fraction of sp³-hybridized carbons (Fsp3) is 1.00. The predicted molar refractivity (Wildman–Crippen MR) is 48.5 cm³/mol. The Morgan fingerprint density at radius 1 is 1.27 bits per heavy atom. The van der Waals surface area contributed by atoms with Gasteiger partial charge in [0.15, 0.2) is 0 Å². The van der Waals surface area contributed by atoms with E-state index in [1.54, 1.807) is 25.7 Å². The minimum absolute atomic E-state index is 0.915. The second kappa shape index (κ2) is 2.80. The van der Waals surface area contributed by atoms with E-state index in [-0.39, 0.29) is 0 Å². The summed E-state index contributed by atoms with van der Waals surface area (Å²) in [6.45, 7) is 2.30. The van der Waals surface area contributed by atoms with Gasteiger partial charge in [0, 0.05) is 0 Å². The molecule has 0 aromatic carbocycles. The highest BCUT2D eigenvalue weighted by atomic mass is 14.5. The molecule has 2 rings (SSSR count). The van der Waals surface area contributed by atoms with Gasteiger partial charge in [-0.15, -0.1) is 0 Å². The minimum atomic E-state index is 0.915. The monoisotopic (exact) mass is 152 g/mol. The van der Waals surface area contributed by atoms with Crippen LogP contribution in [0, 0.1) is 11.3 Å². The smallest absolute Gasteiger partial charge is 0.0292 e. The van der Waals surface area contributed by atoms with Crippen molar-refractivity contribution in [2.75, 3.05) is 0 Å². The van der Waals surface area contributed by atoms with Crippen LogP contribution < -0.4 is 0 Å². The first-order chi connectivity index (χ1) is 5.35. The van der Waals surface area contributed by atoms with E-state index >= 15 is 0 Å². The van der Waals surface area contributed by atoms with Crippen molar-refractivity contribution in [2.24, 2.45) is 11.3 Å². The summed E-state index contributed by atoms with van der Waals surface area (Å²) in [5.41, 5.74) is 0.915. The predicted octanol–water partition coefficient (Wildman–Crippen LogP) is 3.76. The molecule has 0 radical (unpaired) electrons. The van der Waals surface area contributed by atoms with E-state index in [4.69, 9.17) is 0 Å². The highest BCUT2D eigenvalue weighted by Crippen LogP contribution is 2.59. The Kier molecular flexibility index (Phi) is 1.95. The molecule has 0 nitrogen and oxygen atoms in total. The molecule has 0 aromatic rings. The highest BCUT2D eigenvalue weighted by molar-refractivity contribution is 4.98. The van der Waals surface area contributed by atoms with Crippen molar-refractivity contribution in [2.45, 2.75) is 58.3 Å². The first-order valence-electron chi connectivity index (χ1n) is 5.35. The van der Waals surface area contributed by atoms with Crippen molar-refractivity contribution in [3.05, 3.63) is 0 Å². The first kappa shape index (κ1) is 7.64. The van der Waals surface area contributed by atoms with E-state index in [1.807, 2.05) is 0 Å². The number of rotatable bonds is 3. The summed E-state index contributed by atoms with van der Waals surface area (Å²) >= 11 is 0. The fourth-order valence-corrected chi connectivity index (χ4v) is 2.95. The molecule has 0 aromatic heterocycles. The van der Waals surface area contributed by atoms with Crippen LogP contribution in [-0.2, 0) is 0 Å². The van der Waals surface area contributed by atoms with Crippen LogP contribution in [0.15, 0.2) is 0 Å². The largest absolute Gasteiger partial charge is 0.0654 e. The molecule has 2 aliphatic carbocycles. The Labute approximate surface area is 70.4 Å². The topological polar surface area (TPSA) is 0 Å². The molecule has 0 unspecified atom stereocenters. The van der Waals surface area contributed by atoms with Crippen LogP contribution in [-0.4, -0.2) is 0 Å². The lowest BCUT2D eigenvalue weighted by Gasteiger charge is -2.54. The normalized spacial score (nSPS) is 28.1. The van der Waals surface area contributed by atoms with Gasteiger partial charge in [0.2, 0.25) is 0 Å². The second-order valence-corrected chi connectivity index (χ2v) is 4.77. The van der Waals surface area contributed by atoms with Crippen molar-refractivity contribution >= 4 is 0 Å². The zero-order chi connectivity index (χ0) is 7.73. The third-order valence-corrected chi connectivity index (χ3v) is 3.82. The van der Waals surface area contributed by atoms with Gasteiger partial charge in [0.1, 0.15) is 0 Å². The zero-order valence-electron chi connectivity index (χ0n) is 7.73. The maximum absolute atomic E-state index is 2.30. The summed E-state index contributed by atoms with van der Waals surface area (Å²) in [6, 6.07) is 0. The summed E-state index contributed by atoms with van der Waals surface area (Å²) in [6.07, 6.45) is 12.2. The summed E-state index contributed by atoms with van der Waals surface area (Å²) in [5.74, 6) is 1.13. The Morgan fingerprint density at radius 3 is 2.45 bits per heavy atom. The van der Waals surface area contributed by atoms with Gasteiger partial charge >= 0.3 is 0 Å². The Morgan fingerprint density at radius 2 is 2.00 bits per heavy atom. The standard InChI is InChI=1S/C11H20/c1-2-3-5-10-8-11(9-10)6-4-7-11/h10H,2-9H2,1H3. The van der Waals surface area contributed by atoms with Crippen LogP contribution in [0.3, 0.4) is 0 Å². The van der Waals surface area contributed by atoms with E-state index in [2.05, 4.69) is 6.92 Å². The summed E-state index contributed by atoms with van der Waals surface area (Å²) in [5, 5.41) is 0. The molecule has 0 N–H and O–H groups in total. The van der Waals surface area contributed by atoms with E-state index in [0.29, 0.717) is 0 Å². The molecule has 0 amide bonds. The molecule has 2 saturated carbocycles. The average Bonchev–Trinajstić information content (AvgIpc) is 1.81. The number of hydrogen-bond acceptors (Lipinski definition) is 0. The van der Waals surface area contributed by atoms with Gasteiger partial charge in [-0.1, -0.05) is 32.6 Å². The van der Waals surface area contributed by atoms with Crippen molar-refractivity contribution in [3.8, 4) is 0 Å². The molecule has 0 heteroatoms. The van der Waals surface area contributed by atoms with Gasteiger partial charge in [0.25, 0.3) is 0 Å². The molecule has 0 saturated heterocycles. The van der Waals surface area contributed by atoms with Crippen molar-refractivity contribution in [1.82, 2.24) is 0 Å². The quantitative estimate of drug-likeness (QED) is 0.577. The SMILES string of the molecule is CCCCC1CC2(CCC2)C1. The van der Waals surface area contributed by atoms with Crippen LogP contribution in [0.2, 0.25) is 0 Å². The third-order valence-electron chi connectivity index (χ3n) is 3.82. The highest BCUT2D eigenvalue weighted by Gasteiger charge is 2.47. The minimum Gasteiger partial charge on any atom is -0.0654 e. The van der Waals surface area contributed by atoms with Crippen molar-refractivity contribution in [3.63, 3.8) is 0 Å². The van der Waals surface area contributed by atoms with E-state index < -0.39 is 0 Å². The van der Waals surface area contributed by atoms with Gasteiger partial charge in [-0.25, -0.2) is 0 Å². The molecule has 0 heterocycles. The van der Waals surface area contributed by atoms with E-state index in [1.165, 1.54) is 25.7 Å². The Hall–Kier alpha value is 0. The summed E-state index contributed by atoms with van der Waals surface area (Å²) in [7, 11) is 0. The van der Waals surface area contributed by atoms with Gasteiger partial charge in [-0.05, 0) is 37.0 Å². The third kappa shape index (κ3) is 1.32. The lowest BCUT2D eigenvalue weighted by Crippen LogP contribution is -2.42. The number of hydrogen-bond donors (Lipinski definition) is 0. The number of unbranched alkanes of at least 4 members (excludes halogenated alkanes) is 1. The van der Waals surface area contributed by atoms with E-state index in [0.717, 1.165) is 11.3 Å². The van der Waals surface area contributed by atoms with E-state index in [9.17, 15) is 0 Å². The van der Waals surface area contributed by atoms with Gasteiger partial charge < -0.3 is 0 Å². The van der Waals surface area contributed by atoms with Crippen LogP contribution >= 0.6 is 0 Å².